The molecule has 0 unspecified atom stereocenters. The molecule has 1 saturated heterocycles. The van der Waals surface area contributed by atoms with E-state index in [-0.39, 0.29) is 6.09 Å². The fourth-order valence-electron chi connectivity index (χ4n) is 2.24. The van der Waals surface area contributed by atoms with Crippen LogP contribution in [0.15, 0.2) is 43.0 Å². The van der Waals surface area contributed by atoms with E-state index in [4.69, 9.17) is 4.74 Å². The number of piperazine rings is 1. The van der Waals surface area contributed by atoms with Crippen molar-refractivity contribution in [2.24, 2.45) is 0 Å². The largest absolute Gasteiger partial charge is 0.445 e. The van der Waals surface area contributed by atoms with E-state index in [0.29, 0.717) is 6.61 Å². The third-order valence-electron chi connectivity index (χ3n) is 3.49. The smallest absolute Gasteiger partial charge is 0.410 e. The topological polar surface area (TPSA) is 32.8 Å². The highest BCUT2D eigenvalue weighted by molar-refractivity contribution is 5.67. The van der Waals surface area contributed by atoms with Gasteiger partial charge >= 0.3 is 6.09 Å². The Hall–Kier alpha value is -1.81. The van der Waals surface area contributed by atoms with Gasteiger partial charge in [0.2, 0.25) is 0 Å². The van der Waals surface area contributed by atoms with Crippen LogP contribution in [-0.2, 0) is 11.3 Å². The van der Waals surface area contributed by atoms with Crippen molar-refractivity contribution in [1.29, 1.82) is 0 Å². The minimum Gasteiger partial charge on any atom is -0.445 e. The van der Waals surface area contributed by atoms with E-state index in [9.17, 15) is 4.79 Å². The Labute approximate surface area is 120 Å². The van der Waals surface area contributed by atoms with Gasteiger partial charge in [0.25, 0.3) is 0 Å². The van der Waals surface area contributed by atoms with Crippen molar-refractivity contribution in [2.75, 3.05) is 32.7 Å². The molecule has 0 atom stereocenters. The van der Waals surface area contributed by atoms with Gasteiger partial charge in [-0.1, -0.05) is 36.4 Å². The van der Waals surface area contributed by atoms with Gasteiger partial charge in [-0.2, -0.15) is 0 Å². The van der Waals surface area contributed by atoms with Gasteiger partial charge in [-0.15, -0.1) is 6.58 Å². The highest BCUT2D eigenvalue weighted by Gasteiger charge is 2.21. The second-order valence-corrected chi connectivity index (χ2v) is 4.95. The summed E-state index contributed by atoms with van der Waals surface area (Å²) in [5.74, 6) is 0. The number of rotatable bonds is 5. The molecule has 0 bridgehead atoms. The fraction of sp³-hybridized carbons (Fsp3) is 0.438. The fourth-order valence-corrected chi connectivity index (χ4v) is 2.24. The monoisotopic (exact) mass is 274 g/mol. The van der Waals surface area contributed by atoms with E-state index in [0.717, 1.165) is 44.7 Å². The highest BCUT2D eigenvalue weighted by atomic mass is 16.6. The van der Waals surface area contributed by atoms with Gasteiger partial charge in [0.15, 0.2) is 0 Å². The molecule has 1 aliphatic heterocycles. The van der Waals surface area contributed by atoms with E-state index >= 15 is 0 Å². The van der Waals surface area contributed by atoms with Crippen LogP contribution in [0.5, 0.6) is 0 Å². The van der Waals surface area contributed by atoms with Crippen LogP contribution in [0.1, 0.15) is 12.0 Å². The van der Waals surface area contributed by atoms with E-state index in [1.165, 1.54) is 0 Å². The van der Waals surface area contributed by atoms with Gasteiger partial charge in [0.1, 0.15) is 6.61 Å². The van der Waals surface area contributed by atoms with Crippen LogP contribution in [0.4, 0.5) is 4.79 Å². The maximum absolute atomic E-state index is 12.0. The molecular formula is C16H22N2O2. The van der Waals surface area contributed by atoms with Gasteiger partial charge in [-0.05, 0) is 12.0 Å². The molecule has 20 heavy (non-hydrogen) atoms. The summed E-state index contributed by atoms with van der Waals surface area (Å²) in [6.45, 7) is 8.40. The van der Waals surface area contributed by atoms with Gasteiger partial charge in [0.05, 0.1) is 0 Å². The second-order valence-electron chi connectivity index (χ2n) is 4.95. The minimum atomic E-state index is -0.211. The predicted octanol–water partition coefficient (Wildman–Crippen LogP) is 2.52. The SMILES string of the molecule is C=CCCN1CCN(C(=O)OCc2ccccc2)CC1. The summed E-state index contributed by atoms with van der Waals surface area (Å²) in [5, 5.41) is 0. The molecule has 1 amide bonds. The van der Waals surface area contributed by atoms with Gasteiger partial charge in [-0.25, -0.2) is 4.79 Å². The third-order valence-corrected chi connectivity index (χ3v) is 3.49. The average molecular weight is 274 g/mol. The number of carbonyl (C=O) groups excluding carboxylic acids is 1. The number of nitrogens with zero attached hydrogens (tertiary/aromatic N) is 2. The van der Waals surface area contributed by atoms with Gasteiger partial charge in [-0.3, -0.25) is 4.90 Å². The van der Waals surface area contributed by atoms with Crippen molar-refractivity contribution < 1.29 is 9.53 Å². The van der Waals surface area contributed by atoms with Crippen molar-refractivity contribution in [3.8, 4) is 0 Å². The van der Waals surface area contributed by atoms with Crippen molar-refractivity contribution in [3.05, 3.63) is 48.6 Å². The molecule has 1 aromatic carbocycles. The maximum Gasteiger partial charge on any atom is 0.410 e. The zero-order valence-corrected chi connectivity index (χ0v) is 11.8. The van der Waals surface area contributed by atoms with Crippen LogP contribution in [-0.4, -0.2) is 48.6 Å². The first-order valence-electron chi connectivity index (χ1n) is 7.08. The lowest BCUT2D eigenvalue weighted by Crippen LogP contribution is -2.48. The van der Waals surface area contributed by atoms with Gasteiger partial charge in [0, 0.05) is 32.7 Å². The molecule has 2 rings (SSSR count). The average Bonchev–Trinajstić information content (AvgIpc) is 2.52. The summed E-state index contributed by atoms with van der Waals surface area (Å²) in [5.41, 5.74) is 1.02. The third kappa shape index (κ3) is 4.38. The van der Waals surface area contributed by atoms with Crippen molar-refractivity contribution in [1.82, 2.24) is 9.80 Å². The molecule has 0 aromatic heterocycles. The number of hydrogen-bond donors (Lipinski definition) is 0. The normalized spacial score (nSPS) is 15.9. The van der Waals surface area contributed by atoms with Crippen LogP contribution < -0.4 is 0 Å². The lowest BCUT2D eigenvalue weighted by atomic mass is 10.2. The first-order chi connectivity index (χ1) is 9.79. The molecule has 0 spiro atoms. The molecule has 0 N–H and O–H groups in total. The number of carbonyl (C=O) groups is 1. The van der Waals surface area contributed by atoms with Crippen LogP contribution >= 0.6 is 0 Å². The van der Waals surface area contributed by atoms with E-state index in [1.54, 1.807) is 4.90 Å². The molecular weight excluding hydrogens is 252 g/mol. The molecule has 1 aromatic rings. The minimum absolute atomic E-state index is 0.211. The molecule has 0 aliphatic carbocycles. The molecule has 0 saturated carbocycles. The van der Waals surface area contributed by atoms with E-state index < -0.39 is 0 Å². The lowest BCUT2D eigenvalue weighted by molar-refractivity contribution is 0.0721. The predicted molar refractivity (Wildman–Crippen MR) is 79.5 cm³/mol. The van der Waals surface area contributed by atoms with E-state index in [2.05, 4.69) is 11.5 Å². The van der Waals surface area contributed by atoms with Crippen molar-refractivity contribution >= 4 is 6.09 Å². The first-order valence-corrected chi connectivity index (χ1v) is 7.08. The molecule has 0 radical (unpaired) electrons. The lowest BCUT2D eigenvalue weighted by Gasteiger charge is -2.33. The first kappa shape index (κ1) is 14.6. The van der Waals surface area contributed by atoms with Crippen LogP contribution in [0.3, 0.4) is 0 Å². The zero-order valence-electron chi connectivity index (χ0n) is 11.8. The molecule has 1 aliphatic rings. The number of ether oxygens (including phenoxy) is 1. The van der Waals surface area contributed by atoms with Gasteiger partial charge < -0.3 is 9.64 Å². The van der Waals surface area contributed by atoms with Crippen molar-refractivity contribution in [3.63, 3.8) is 0 Å². The summed E-state index contributed by atoms with van der Waals surface area (Å²) in [7, 11) is 0. The quantitative estimate of drug-likeness (QED) is 0.773. The Morgan fingerprint density at radius 3 is 2.55 bits per heavy atom. The molecule has 1 heterocycles. The Kier molecular flexibility index (Phi) is 5.62. The van der Waals surface area contributed by atoms with Crippen LogP contribution in [0.2, 0.25) is 0 Å². The Morgan fingerprint density at radius 1 is 1.20 bits per heavy atom. The van der Waals surface area contributed by atoms with E-state index in [1.807, 2.05) is 36.4 Å². The summed E-state index contributed by atoms with van der Waals surface area (Å²) >= 11 is 0. The zero-order chi connectivity index (χ0) is 14.2. The molecule has 108 valence electrons. The summed E-state index contributed by atoms with van der Waals surface area (Å²) in [6, 6.07) is 9.76. The molecule has 4 heteroatoms. The second kappa shape index (κ2) is 7.70. The standard InChI is InChI=1S/C16H22N2O2/c1-2-3-9-17-10-12-18(13-11-17)16(19)20-14-15-7-5-4-6-8-15/h2,4-8H,1,3,9-14H2. The summed E-state index contributed by atoms with van der Waals surface area (Å²) < 4.78 is 5.34. The number of amides is 1. The van der Waals surface area contributed by atoms with Crippen molar-refractivity contribution in [2.45, 2.75) is 13.0 Å². The van der Waals surface area contributed by atoms with Crippen LogP contribution in [0.25, 0.3) is 0 Å². The van der Waals surface area contributed by atoms with Crippen LogP contribution in [0, 0.1) is 0 Å². The Bertz CT molecular complexity index is 425. The summed E-state index contributed by atoms with van der Waals surface area (Å²) in [6.07, 6.45) is 2.72. The Morgan fingerprint density at radius 2 is 1.90 bits per heavy atom. The molecule has 4 nitrogen and oxygen atoms in total. The number of hydrogen-bond acceptors (Lipinski definition) is 3. The summed E-state index contributed by atoms with van der Waals surface area (Å²) in [4.78, 5) is 16.1. The number of benzene rings is 1. The Balaban J connectivity index is 1.70. The molecule has 1 fully saturated rings. The maximum atomic E-state index is 12.0. The highest BCUT2D eigenvalue weighted by Crippen LogP contribution is 2.07.